The Morgan fingerprint density at radius 1 is 1.29 bits per heavy atom. The minimum atomic E-state index is -0.324. The number of aliphatic hydroxyl groups is 1. The number of rotatable bonds is 4. The SMILES string of the molecule is CO[C@@H]1C(CO)OC(C)(C)C(C)[C@H]1OC(C)C. The molecule has 4 nitrogen and oxygen atoms in total. The molecular weight excluding hydrogens is 220 g/mol. The minimum absolute atomic E-state index is 0.0490. The lowest BCUT2D eigenvalue weighted by Crippen LogP contribution is -2.60. The van der Waals surface area contributed by atoms with Crippen molar-refractivity contribution in [2.75, 3.05) is 13.7 Å². The van der Waals surface area contributed by atoms with Gasteiger partial charge in [0.25, 0.3) is 0 Å². The van der Waals surface area contributed by atoms with E-state index in [1.54, 1.807) is 7.11 Å². The zero-order chi connectivity index (χ0) is 13.2. The first kappa shape index (κ1) is 14.9. The summed E-state index contributed by atoms with van der Waals surface area (Å²) < 4.78 is 17.3. The van der Waals surface area contributed by atoms with E-state index in [1.165, 1.54) is 0 Å². The van der Waals surface area contributed by atoms with Gasteiger partial charge in [-0.1, -0.05) is 6.92 Å². The molecule has 2 unspecified atom stereocenters. The minimum Gasteiger partial charge on any atom is -0.394 e. The van der Waals surface area contributed by atoms with E-state index >= 15 is 0 Å². The summed E-state index contributed by atoms with van der Waals surface area (Å²) in [5.74, 6) is 0.206. The van der Waals surface area contributed by atoms with Crippen LogP contribution in [0.2, 0.25) is 0 Å². The smallest absolute Gasteiger partial charge is 0.112 e. The van der Waals surface area contributed by atoms with E-state index < -0.39 is 0 Å². The van der Waals surface area contributed by atoms with Gasteiger partial charge in [0.1, 0.15) is 12.2 Å². The standard InChI is InChI=1S/C13H26O4/c1-8(2)16-11-9(3)13(4,5)17-10(7-14)12(11)15-6/h8-12,14H,7H2,1-6H3/t9?,10?,11-,12-/m1/s1. The Bertz CT molecular complexity index is 240. The van der Waals surface area contributed by atoms with Crippen LogP contribution < -0.4 is 0 Å². The van der Waals surface area contributed by atoms with Crippen LogP contribution in [0.3, 0.4) is 0 Å². The number of hydrogen-bond donors (Lipinski definition) is 1. The Balaban J connectivity index is 2.92. The lowest BCUT2D eigenvalue weighted by molar-refractivity contribution is -0.261. The average molecular weight is 246 g/mol. The van der Waals surface area contributed by atoms with Gasteiger partial charge in [-0.2, -0.15) is 0 Å². The van der Waals surface area contributed by atoms with Gasteiger partial charge in [0, 0.05) is 13.0 Å². The van der Waals surface area contributed by atoms with Gasteiger partial charge in [-0.05, 0) is 27.7 Å². The molecule has 0 amide bonds. The molecule has 0 aliphatic carbocycles. The second-order valence-electron chi connectivity index (χ2n) is 5.58. The Morgan fingerprint density at radius 2 is 1.88 bits per heavy atom. The molecule has 4 atom stereocenters. The molecule has 1 heterocycles. The van der Waals surface area contributed by atoms with Gasteiger partial charge >= 0.3 is 0 Å². The van der Waals surface area contributed by atoms with Crippen LogP contribution in [-0.4, -0.2) is 48.8 Å². The van der Waals surface area contributed by atoms with Crippen molar-refractivity contribution < 1.29 is 19.3 Å². The van der Waals surface area contributed by atoms with Crippen LogP contribution in [0.5, 0.6) is 0 Å². The third-order valence-corrected chi connectivity index (χ3v) is 3.62. The molecule has 1 N–H and O–H groups in total. The fourth-order valence-corrected chi connectivity index (χ4v) is 2.39. The number of ether oxygens (including phenoxy) is 3. The molecule has 4 heteroatoms. The molecule has 0 radical (unpaired) electrons. The van der Waals surface area contributed by atoms with Gasteiger partial charge in [0.15, 0.2) is 0 Å². The van der Waals surface area contributed by atoms with Crippen LogP contribution in [0.15, 0.2) is 0 Å². The van der Waals surface area contributed by atoms with Crippen LogP contribution in [-0.2, 0) is 14.2 Å². The average Bonchev–Trinajstić information content (AvgIpc) is 2.24. The molecule has 0 aromatic rings. The highest BCUT2D eigenvalue weighted by atomic mass is 16.6. The lowest BCUT2D eigenvalue weighted by atomic mass is 9.80. The summed E-state index contributed by atoms with van der Waals surface area (Å²) in [5.41, 5.74) is -0.317. The number of methoxy groups -OCH3 is 1. The topological polar surface area (TPSA) is 47.9 Å². The molecule has 1 saturated heterocycles. The van der Waals surface area contributed by atoms with Crippen molar-refractivity contribution in [2.45, 2.75) is 64.6 Å². The van der Waals surface area contributed by atoms with E-state index in [4.69, 9.17) is 14.2 Å². The molecule has 0 aromatic heterocycles. The Kier molecular flexibility index (Phi) is 4.95. The number of aliphatic hydroxyl groups excluding tert-OH is 1. The van der Waals surface area contributed by atoms with Crippen LogP contribution in [0.1, 0.15) is 34.6 Å². The van der Waals surface area contributed by atoms with Crippen LogP contribution in [0.25, 0.3) is 0 Å². The van der Waals surface area contributed by atoms with Crippen molar-refractivity contribution in [2.24, 2.45) is 5.92 Å². The van der Waals surface area contributed by atoms with Crippen molar-refractivity contribution in [3.63, 3.8) is 0 Å². The van der Waals surface area contributed by atoms with Crippen molar-refractivity contribution in [3.8, 4) is 0 Å². The molecule has 0 spiro atoms. The summed E-state index contributed by atoms with van der Waals surface area (Å²) in [6, 6.07) is 0. The largest absolute Gasteiger partial charge is 0.394 e. The van der Waals surface area contributed by atoms with Crippen molar-refractivity contribution in [3.05, 3.63) is 0 Å². The second kappa shape index (κ2) is 5.65. The van der Waals surface area contributed by atoms with E-state index in [0.717, 1.165) is 0 Å². The van der Waals surface area contributed by atoms with E-state index in [0.29, 0.717) is 0 Å². The molecule has 17 heavy (non-hydrogen) atoms. The fraction of sp³-hybridized carbons (Fsp3) is 1.00. The van der Waals surface area contributed by atoms with Gasteiger partial charge in [0.05, 0.1) is 24.4 Å². The molecular formula is C13H26O4. The Morgan fingerprint density at radius 3 is 2.29 bits per heavy atom. The van der Waals surface area contributed by atoms with Gasteiger partial charge in [-0.3, -0.25) is 0 Å². The molecule has 0 aromatic carbocycles. The van der Waals surface area contributed by atoms with Crippen LogP contribution in [0.4, 0.5) is 0 Å². The molecule has 1 aliphatic rings. The highest BCUT2D eigenvalue weighted by Gasteiger charge is 2.48. The van der Waals surface area contributed by atoms with Crippen molar-refractivity contribution in [1.82, 2.24) is 0 Å². The summed E-state index contributed by atoms with van der Waals surface area (Å²) in [7, 11) is 1.64. The predicted molar refractivity (Wildman–Crippen MR) is 66.0 cm³/mol. The Labute approximate surface area is 104 Å². The summed E-state index contributed by atoms with van der Waals surface area (Å²) in [6.07, 6.45) is -0.463. The zero-order valence-corrected chi connectivity index (χ0v) is 11.8. The number of hydrogen-bond acceptors (Lipinski definition) is 4. The van der Waals surface area contributed by atoms with E-state index in [9.17, 15) is 5.11 Å². The molecule has 1 aliphatic heterocycles. The molecule has 102 valence electrons. The maximum atomic E-state index is 9.40. The summed E-state index contributed by atoms with van der Waals surface area (Å²) in [5, 5.41) is 9.40. The van der Waals surface area contributed by atoms with Crippen molar-refractivity contribution in [1.29, 1.82) is 0 Å². The highest BCUT2D eigenvalue weighted by Crippen LogP contribution is 2.37. The lowest BCUT2D eigenvalue weighted by Gasteiger charge is -2.49. The van der Waals surface area contributed by atoms with Gasteiger partial charge in [-0.25, -0.2) is 0 Å². The van der Waals surface area contributed by atoms with E-state index in [-0.39, 0.29) is 42.5 Å². The normalized spacial score (nSPS) is 37.4. The fourth-order valence-electron chi connectivity index (χ4n) is 2.39. The summed E-state index contributed by atoms with van der Waals surface area (Å²) in [4.78, 5) is 0. The highest BCUT2D eigenvalue weighted by molar-refractivity contribution is 4.96. The molecule has 0 bridgehead atoms. The zero-order valence-electron chi connectivity index (χ0n) is 11.8. The van der Waals surface area contributed by atoms with E-state index in [2.05, 4.69) is 6.92 Å². The predicted octanol–water partition coefficient (Wildman–Crippen LogP) is 1.60. The Hall–Kier alpha value is -0.160. The van der Waals surface area contributed by atoms with E-state index in [1.807, 2.05) is 27.7 Å². The second-order valence-corrected chi connectivity index (χ2v) is 5.58. The maximum Gasteiger partial charge on any atom is 0.112 e. The molecule has 0 saturated carbocycles. The van der Waals surface area contributed by atoms with Crippen LogP contribution in [0, 0.1) is 5.92 Å². The first-order valence-electron chi connectivity index (χ1n) is 6.30. The molecule has 1 rings (SSSR count). The third kappa shape index (κ3) is 3.19. The summed E-state index contributed by atoms with van der Waals surface area (Å²) >= 11 is 0. The van der Waals surface area contributed by atoms with Gasteiger partial charge in [-0.15, -0.1) is 0 Å². The van der Waals surface area contributed by atoms with Crippen LogP contribution >= 0.6 is 0 Å². The van der Waals surface area contributed by atoms with Crippen molar-refractivity contribution >= 4 is 0 Å². The first-order chi connectivity index (χ1) is 7.83. The maximum absolute atomic E-state index is 9.40. The van der Waals surface area contributed by atoms with Gasteiger partial charge in [0.2, 0.25) is 0 Å². The third-order valence-electron chi connectivity index (χ3n) is 3.62. The van der Waals surface area contributed by atoms with Gasteiger partial charge < -0.3 is 19.3 Å². The summed E-state index contributed by atoms with van der Waals surface area (Å²) in [6.45, 7) is 10.1. The molecule has 1 fully saturated rings. The monoisotopic (exact) mass is 246 g/mol. The quantitative estimate of drug-likeness (QED) is 0.818. The first-order valence-corrected chi connectivity index (χ1v) is 6.30.